The van der Waals surface area contributed by atoms with Crippen LogP contribution >= 0.6 is 39.1 Å². The van der Waals surface area contributed by atoms with Gasteiger partial charge in [0.25, 0.3) is 0 Å². The standard InChI is InChI=1S/C25H29BrCl2N4O2S/c26-18-7-5-17(6-8-18)14-29-23(30-15-19-13-25(11-12-25)35(33,34)32-19)31-16-24(9-2-10-24)22-20(27)3-1-4-21(22)28/h1,3-8,19,32H,2,9-16H2,(H2,29,30,31). The van der Waals surface area contributed by atoms with Gasteiger partial charge in [0.05, 0.1) is 11.3 Å². The Kier molecular flexibility index (Phi) is 7.14. The van der Waals surface area contributed by atoms with Gasteiger partial charge in [0.2, 0.25) is 10.0 Å². The summed E-state index contributed by atoms with van der Waals surface area (Å²) in [5.41, 5.74) is 1.93. The lowest BCUT2D eigenvalue weighted by Gasteiger charge is -2.43. The summed E-state index contributed by atoms with van der Waals surface area (Å²) in [6.07, 6.45) is 5.25. The predicted molar refractivity (Wildman–Crippen MR) is 146 cm³/mol. The van der Waals surface area contributed by atoms with Crippen LogP contribution in [0.25, 0.3) is 0 Å². The van der Waals surface area contributed by atoms with Crippen LogP contribution in [0, 0.1) is 0 Å². The lowest BCUT2D eigenvalue weighted by atomic mass is 9.64. The maximum absolute atomic E-state index is 12.4. The molecule has 2 saturated carbocycles. The van der Waals surface area contributed by atoms with Crippen LogP contribution in [0.1, 0.15) is 49.7 Å². The third kappa shape index (κ3) is 5.23. The maximum atomic E-state index is 12.4. The van der Waals surface area contributed by atoms with Crippen molar-refractivity contribution in [2.24, 2.45) is 4.99 Å². The molecule has 10 heteroatoms. The van der Waals surface area contributed by atoms with Gasteiger partial charge in [0.15, 0.2) is 5.96 Å². The van der Waals surface area contributed by atoms with Crippen molar-refractivity contribution in [2.75, 3.05) is 13.1 Å². The monoisotopic (exact) mass is 598 g/mol. The summed E-state index contributed by atoms with van der Waals surface area (Å²) in [5.74, 6) is 0.651. The quantitative estimate of drug-likeness (QED) is 0.304. The van der Waals surface area contributed by atoms with E-state index >= 15 is 0 Å². The van der Waals surface area contributed by atoms with Gasteiger partial charge in [0, 0.05) is 39.1 Å². The normalized spacial score (nSPS) is 23.6. The second-order valence-corrected chi connectivity index (χ2v) is 13.8. The van der Waals surface area contributed by atoms with Gasteiger partial charge >= 0.3 is 0 Å². The number of sulfonamides is 1. The molecule has 0 aromatic heterocycles. The van der Waals surface area contributed by atoms with Crippen LogP contribution in [0.5, 0.6) is 0 Å². The fourth-order valence-corrected chi connectivity index (χ4v) is 8.18. The molecule has 0 bridgehead atoms. The van der Waals surface area contributed by atoms with Crippen molar-refractivity contribution < 1.29 is 8.42 Å². The Morgan fingerprint density at radius 3 is 2.31 bits per heavy atom. The Labute approximate surface area is 225 Å². The van der Waals surface area contributed by atoms with Crippen molar-refractivity contribution in [3.05, 3.63) is 68.1 Å². The highest BCUT2D eigenvalue weighted by molar-refractivity contribution is 9.10. The number of benzene rings is 2. The average molecular weight is 600 g/mol. The van der Waals surface area contributed by atoms with Gasteiger partial charge < -0.3 is 10.6 Å². The van der Waals surface area contributed by atoms with Crippen molar-refractivity contribution in [1.82, 2.24) is 15.4 Å². The first-order valence-corrected chi connectivity index (χ1v) is 15.0. The third-order valence-corrected chi connectivity index (χ3v) is 11.1. The molecule has 35 heavy (non-hydrogen) atoms. The largest absolute Gasteiger partial charge is 0.356 e. The zero-order valence-corrected chi connectivity index (χ0v) is 23.2. The van der Waals surface area contributed by atoms with Gasteiger partial charge in [-0.2, -0.15) is 0 Å². The highest BCUT2D eigenvalue weighted by atomic mass is 79.9. The van der Waals surface area contributed by atoms with E-state index in [0.29, 0.717) is 42.1 Å². The van der Waals surface area contributed by atoms with Crippen molar-refractivity contribution in [1.29, 1.82) is 0 Å². The van der Waals surface area contributed by atoms with Gasteiger partial charge in [-0.05, 0) is 67.5 Å². The smallest absolute Gasteiger partial charge is 0.217 e. The van der Waals surface area contributed by atoms with E-state index in [4.69, 9.17) is 28.2 Å². The number of rotatable bonds is 7. The molecule has 0 amide bonds. The summed E-state index contributed by atoms with van der Waals surface area (Å²) in [5, 5.41) is 8.28. The van der Waals surface area contributed by atoms with Gasteiger partial charge in [-0.25, -0.2) is 18.1 Å². The molecular formula is C25H29BrCl2N4O2S. The fraction of sp³-hybridized carbons (Fsp3) is 0.480. The number of hydrogen-bond acceptors (Lipinski definition) is 3. The first-order valence-electron chi connectivity index (χ1n) is 12.0. The molecular weight excluding hydrogens is 571 g/mol. The summed E-state index contributed by atoms with van der Waals surface area (Å²) < 4.78 is 28.2. The van der Waals surface area contributed by atoms with E-state index in [1.54, 1.807) is 0 Å². The van der Waals surface area contributed by atoms with Crippen LogP contribution in [-0.2, 0) is 22.0 Å². The van der Waals surface area contributed by atoms with Crippen LogP contribution in [0.3, 0.4) is 0 Å². The van der Waals surface area contributed by atoms with E-state index < -0.39 is 14.8 Å². The second-order valence-electron chi connectivity index (χ2n) is 9.96. The van der Waals surface area contributed by atoms with Crippen LogP contribution in [-0.4, -0.2) is 38.3 Å². The number of halogens is 3. The average Bonchev–Trinajstić information content (AvgIpc) is 3.52. The molecule has 2 aromatic rings. The minimum atomic E-state index is -3.23. The van der Waals surface area contributed by atoms with E-state index in [0.717, 1.165) is 47.7 Å². The fourth-order valence-electron chi connectivity index (χ4n) is 5.20. The highest BCUT2D eigenvalue weighted by Crippen LogP contribution is 2.50. The molecule has 1 saturated heterocycles. The molecule has 3 fully saturated rings. The highest BCUT2D eigenvalue weighted by Gasteiger charge is 2.60. The number of nitrogens with one attached hydrogen (secondary N) is 3. The Bertz CT molecular complexity index is 1210. The van der Waals surface area contributed by atoms with Gasteiger partial charge in [-0.1, -0.05) is 63.8 Å². The van der Waals surface area contributed by atoms with Crippen molar-refractivity contribution in [3.63, 3.8) is 0 Å². The molecule has 188 valence electrons. The number of guanidine groups is 1. The minimum Gasteiger partial charge on any atom is -0.356 e. The molecule has 1 unspecified atom stereocenters. The number of nitrogens with zero attached hydrogens (tertiary/aromatic N) is 1. The Morgan fingerprint density at radius 1 is 1.06 bits per heavy atom. The Hall–Kier alpha value is -1.32. The van der Waals surface area contributed by atoms with Crippen molar-refractivity contribution in [3.8, 4) is 0 Å². The predicted octanol–water partition coefficient (Wildman–Crippen LogP) is 5.14. The molecule has 3 N–H and O–H groups in total. The summed E-state index contributed by atoms with van der Waals surface area (Å²) in [4.78, 5) is 4.81. The maximum Gasteiger partial charge on any atom is 0.217 e. The van der Waals surface area contributed by atoms with E-state index in [-0.39, 0.29) is 11.5 Å². The molecule has 2 aromatic carbocycles. The number of hydrogen-bond donors (Lipinski definition) is 3. The molecule has 1 heterocycles. The van der Waals surface area contributed by atoms with Crippen LogP contribution in [0.15, 0.2) is 51.9 Å². The Morgan fingerprint density at radius 2 is 1.74 bits per heavy atom. The molecule has 1 spiro atoms. The van der Waals surface area contributed by atoms with E-state index in [9.17, 15) is 8.42 Å². The second kappa shape index (κ2) is 9.86. The molecule has 1 atom stereocenters. The van der Waals surface area contributed by atoms with Crippen molar-refractivity contribution in [2.45, 2.75) is 61.3 Å². The minimum absolute atomic E-state index is 0.141. The zero-order valence-electron chi connectivity index (χ0n) is 19.3. The Balaban J connectivity index is 1.31. The molecule has 2 aliphatic carbocycles. The summed E-state index contributed by atoms with van der Waals surface area (Å²) in [7, 11) is -3.23. The summed E-state index contributed by atoms with van der Waals surface area (Å²) in [6, 6.07) is 13.6. The first kappa shape index (κ1) is 25.3. The SMILES string of the molecule is O=S1(=O)NC(CNC(=NCc2ccc(Br)cc2)NCC2(c3c(Cl)cccc3Cl)CCC2)CC12CC2. The molecule has 6 nitrogen and oxygen atoms in total. The molecule has 0 radical (unpaired) electrons. The van der Waals surface area contributed by atoms with Gasteiger partial charge in [-0.15, -0.1) is 0 Å². The summed E-state index contributed by atoms with van der Waals surface area (Å²) in [6.45, 7) is 1.62. The number of aliphatic imine (C=N–C) groups is 1. The molecule has 3 aliphatic rings. The van der Waals surface area contributed by atoms with Crippen molar-refractivity contribution >= 4 is 55.1 Å². The van der Waals surface area contributed by atoms with E-state index in [2.05, 4.69) is 31.3 Å². The third-order valence-electron chi connectivity index (χ3n) is 7.56. The van der Waals surface area contributed by atoms with Gasteiger partial charge in [-0.3, -0.25) is 0 Å². The van der Waals surface area contributed by atoms with E-state index in [1.807, 2.05) is 42.5 Å². The first-order chi connectivity index (χ1) is 16.7. The van der Waals surface area contributed by atoms with E-state index in [1.165, 1.54) is 0 Å². The lowest BCUT2D eigenvalue weighted by Crippen LogP contribution is -2.50. The molecule has 1 aliphatic heterocycles. The zero-order chi connectivity index (χ0) is 24.7. The van der Waals surface area contributed by atoms with Crippen LogP contribution in [0.2, 0.25) is 10.0 Å². The molecule has 5 rings (SSSR count). The van der Waals surface area contributed by atoms with Crippen LogP contribution < -0.4 is 15.4 Å². The lowest BCUT2D eigenvalue weighted by molar-refractivity contribution is 0.244. The van der Waals surface area contributed by atoms with Gasteiger partial charge in [0.1, 0.15) is 0 Å². The topological polar surface area (TPSA) is 82.6 Å². The van der Waals surface area contributed by atoms with Crippen LogP contribution in [0.4, 0.5) is 0 Å². The summed E-state index contributed by atoms with van der Waals surface area (Å²) >= 11 is 16.6.